The van der Waals surface area contributed by atoms with Crippen LogP contribution >= 0.6 is 7.82 Å². The highest BCUT2D eigenvalue weighted by Crippen LogP contribution is 2.38. The fourth-order valence-electron chi connectivity index (χ4n) is 10.9. The number of hydrogen-bond donors (Lipinski definition) is 2. The summed E-state index contributed by atoms with van der Waals surface area (Å²) >= 11 is 0. The number of aliphatic hydroxyl groups is 1. The standard InChI is InChI=1S/C75H141N2O6P/c1-6-8-10-12-14-16-18-20-22-24-26-28-30-32-34-36-38-40-42-44-46-48-50-52-54-56-58-60-62-64-66-68-74(78)73(72-83-84(80,81)82-71-70-77(3,4)5)76-75(79)69-67-65-63-61-59-57-55-53-51-49-47-45-43-41-39-37-35-33-31-29-27-25-23-21-19-17-15-13-11-9-7-2/h9,11,15,17,21,23,27,29,33,35,39,41,73-74,78H,6-8,10,12-14,16,18-20,22,24-26,28,30-32,34,36-38,40,42-72H2,1-5H3,(H-,76,79,80,81)/b11-9-,17-15-,23-21-,29-27-,35-33-,41-39-. The van der Waals surface area contributed by atoms with Crippen molar-refractivity contribution in [2.75, 3.05) is 40.9 Å². The lowest BCUT2D eigenvalue weighted by molar-refractivity contribution is -0.870. The molecule has 0 aromatic carbocycles. The van der Waals surface area contributed by atoms with Crippen LogP contribution in [-0.2, 0) is 18.4 Å². The van der Waals surface area contributed by atoms with Crippen LogP contribution in [0.2, 0.25) is 0 Å². The van der Waals surface area contributed by atoms with Gasteiger partial charge in [0.2, 0.25) is 5.91 Å². The van der Waals surface area contributed by atoms with Crippen molar-refractivity contribution in [1.29, 1.82) is 0 Å². The molecule has 0 radical (unpaired) electrons. The molecule has 3 unspecified atom stereocenters. The molecule has 0 aromatic rings. The van der Waals surface area contributed by atoms with E-state index < -0.39 is 20.0 Å². The zero-order chi connectivity index (χ0) is 61.2. The molecule has 1 amide bonds. The average molecular weight is 1200 g/mol. The Morgan fingerprint density at radius 3 is 1.06 bits per heavy atom. The number of carbonyl (C=O) groups excluding carboxylic acids is 1. The molecule has 492 valence electrons. The van der Waals surface area contributed by atoms with Crippen LogP contribution in [0.1, 0.15) is 348 Å². The van der Waals surface area contributed by atoms with Gasteiger partial charge in [-0.2, -0.15) is 0 Å². The van der Waals surface area contributed by atoms with Gasteiger partial charge in [0.15, 0.2) is 0 Å². The van der Waals surface area contributed by atoms with Crippen LogP contribution in [0.3, 0.4) is 0 Å². The molecule has 0 saturated carbocycles. The van der Waals surface area contributed by atoms with E-state index in [1.54, 1.807) is 0 Å². The molecule has 0 rings (SSSR count). The van der Waals surface area contributed by atoms with Crippen molar-refractivity contribution in [3.05, 3.63) is 72.9 Å². The maximum atomic E-state index is 13.1. The Balaban J connectivity index is 4.03. The van der Waals surface area contributed by atoms with E-state index in [2.05, 4.69) is 92.1 Å². The Morgan fingerprint density at radius 1 is 0.429 bits per heavy atom. The molecule has 9 heteroatoms. The highest BCUT2D eigenvalue weighted by atomic mass is 31.2. The molecule has 2 N–H and O–H groups in total. The number of amides is 1. The number of nitrogens with one attached hydrogen (secondary N) is 1. The predicted molar refractivity (Wildman–Crippen MR) is 367 cm³/mol. The summed E-state index contributed by atoms with van der Waals surface area (Å²) < 4.78 is 23.6. The molecule has 0 bridgehead atoms. The summed E-state index contributed by atoms with van der Waals surface area (Å²) in [4.78, 5) is 25.7. The van der Waals surface area contributed by atoms with Gasteiger partial charge in [0.05, 0.1) is 39.9 Å². The van der Waals surface area contributed by atoms with Crippen LogP contribution in [0.25, 0.3) is 0 Å². The minimum atomic E-state index is -4.59. The van der Waals surface area contributed by atoms with Gasteiger partial charge in [-0.15, -0.1) is 0 Å². The summed E-state index contributed by atoms with van der Waals surface area (Å²) in [5.41, 5.74) is 0. The molecular weight excluding hydrogens is 1060 g/mol. The number of hydrogen-bond acceptors (Lipinski definition) is 6. The number of carbonyl (C=O) groups is 1. The number of allylic oxidation sites excluding steroid dienone is 12. The van der Waals surface area contributed by atoms with Gasteiger partial charge in [0.1, 0.15) is 13.2 Å². The third-order valence-electron chi connectivity index (χ3n) is 16.5. The van der Waals surface area contributed by atoms with E-state index in [1.807, 2.05) is 21.1 Å². The number of phosphoric ester groups is 1. The van der Waals surface area contributed by atoms with Crippen LogP contribution in [0.15, 0.2) is 72.9 Å². The van der Waals surface area contributed by atoms with Crippen LogP contribution in [0.4, 0.5) is 0 Å². The molecule has 84 heavy (non-hydrogen) atoms. The highest BCUT2D eigenvalue weighted by Gasteiger charge is 2.24. The molecule has 0 heterocycles. The summed E-state index contributed by atoms with van der Waals surface area (Å²) in [5.74, 6) is -0.164. The Morgan fingerprint density at radius 2 is 0.726 bits per heavy atom. The molecule has 8 nitrogen and oxygen atoms in total. The molecule has 0 aliphatic rings. The van der Waals surface area contributed by atoms with Gasteiger partial charge in [-0.1, -0.05) is 350 Å². The number of phosphoric acid groups is 1. The van der Waals surface area contributed by atoms with E-state index in [4.69, 9.17) is 9.05 Å². The topological polar surface area (TPSA) is 108 Å². The third kappa shape index (κ3) is 67.4. The SMILES string of the molecule is CC/C=C\C/C=C\C/C=C\C/C=C\C/C=C\C/C=C\CCCCCCCCCCCCCCC(=O)NC(COP(=O)([O-])OCC[N+](C)(C)C)C(O)CCCCCCCCCCCCCCCCCCCCCCCCCCCCCCCCC. The van der Waals surface area contributed by atoms with E-state index in [1.165, 1.54) is 244 Å². The number of nitrogens with zero attached hydrogens (tertiary/aromatic N) is 1. The van der Waals surface area contributed by atoms with E-state index >= 15 is 0 Å². The predicted octanol–water partition coefficient (Wildman–Crippen LogP) is 22.7. The Bertz CT molecular complexity index is 1600. The van der Waals surface area contributed by atoms with Crippen molar-refractivity contribution < 1.29 is 32.9 Å². The molecule has 3 atom stereocenters. The van der Waals surface area contributed by atoms with Gasteiger partial charge >= 0.3 is 0 Å². The van der Waals surface area contributed by atoms with Gasteiger partial charge in [0, 0.05) is 6.42 Å². The molecular formula is C75H141N2O6P. The monoisotopic (exact) mass is 1200 g/mol. The first-order chi connectivity index (χ1) is 41.0. The van der Waals surface area contributed by atoms with Gasteiger partial charge in [0.25, 0.3) is 7.82 Å². The van der Waals surface area contributed by atoms with Crippen molar-refractivity contribution in [3.8, 4) is 0 Å². The number of aliphatic hydroxyl groups excluding tert-OH is 1. The maximum absolute atomic E-state index is 13.1. The Labute approximate surface area is 523 Å². The molecule has 0 spiro atoms. The summed E-state index contributed by atoms with van der Waals surface area (Å²) in [5, 5.41) is 14.1. The lowest BCUT2D eigenvalue weighted by Crippen LogP contribution is -2.46. The third-order valence-corrected chi connectivity index (χ3v) is 17.4. The van der Waals surface area contributed by atoms with Crippen molar-refractivity contribution >= 4 is 13.7 Å². The van der Waals surface area contributed by atoms with Gasteiger partial charge in [-0.25, -0.2) is 0 Å². The van der Waals surface area contributed by atoms with Crippen LogP contribution < -0.4 is 10.2 Å². The fraction of sp³-hybridized carbons (Fsp3) is 0.827. The zero-order valence-corrected chi connectivity index (χ0v) is 57.3. The average Bonchev–Trinajstić information content (AvgIpc) is 3.56. The first-order valence-corrected chi connectivity index (χ1v) is 37.7. The molecule has 0 fully saturated rings. The molecule has 0 aromatic heterocycles. The summed E-state index contributed by atoms with van der Waals surface area (Å²) in [6.07, 6.45) is 91.3. The Hall–Kier alpha value is -2.06. The van der Waals surface area contributed by atoms with Crippen molar-refractivity contribution in [3.63, 3.8) is 0 Å². The Kier molecular flexibility index (Phi) is 63.8. The zero-order valence-electron chi connectivity index (χ0n) is 56.4. The minimum Gasteiger partial charge on any atom is -0.756 e. The van der Waals surface area contributed by atoms with Crippen molar-refractivity contribution in [1.82, 2.24) is 5.32 Å². The quantitative estimate of drug-likeness (QED) is 0.0272. The van der Waals surface area contributed by atoms with Crippen LogP contribution in [-0.4, -0.2) is 68.5 Å². The van der Waals surface area contributed by atoms with E-state index in [-0.39, 0.29) is 19.1 Å². The maximum Gasteiger partial charge on any atom is 0.268 e. The number of rotatable bonds is 67. The summed E-state index contributed by atoms with van der Waals surface area (Å²) in [6.45, 7) is 4.65. The van der Waals surface area contributed by atoms with Crippen LogP contribution in [0.5, 0.6) is 0 Å². The second kappa shape index (κ2) is 65.4. The van der Waals surface area contributed by atoms with Crippen molar-refractivity contribution in [2.24, 2.45) is 0 Å². The summed E-state index contributed by atoms with van der Waals surface area (Å²) in [7, 11) is 1.31. The van der Waals surface area contributed by atoms with E-state index in [0.29, 0.717) is 23.9 Å². The lowest BCUT2D eigenvalue weighted by Gasteiger charge is -2.30. The molecule has 0 saturated heterocycles. The second-order valence-corrected chi connectivity index (χ2v) is 27.3. The number of unbranched alkanes of at least 4 members (excludes halogenated alkanes) is 42. The van der Waals surface area contributed by atoms with Gasteiger partial charge in [-0.05, 0) is 64.2 Å². The lowest BCUT2D eigenvalue weighted by atomic mass is 10.0. The smallest absolute Gasteiger partial charge is 0.268 e. The van der Waals surface area contributed by atoms with E-state index in [0.717, 1.165) is 77.0 Å². The summed E-state index contributed by atoms with van der Waals surface area (Å²) in [6, 6.07) is -0.808. The largest absolute Gasteiger partial charge is 0.756 e. The first-order valence-electron chi connectivity index (χ1n) is 36.3. The van der Waals surface area contributed by atoms with Crippen LogP contribution in [0, 0.1) is 0 Å². The number of quaternary nitrogens is 1. The van der Waals surface area contributed by atoms with Crippen molar-refractivity contribution in [2.45, 2.75) is 360 Å². The van der Waals surface area contributed by atoms with Gasteiger partial charge in [-0.3, -0.25) is 9.36 Å². The minimum absolute atomic E-state index is 0.0103. The van der Waals surface area contributed by atoms with Gasteiger partial charge < -0.3 is 28.8 Å². The highest BCUT2D eigenvalue weighted by molar-refractivity contribution is 7.45. The normalized spacial score (nSPS) is 14.0. The first kappa shape index (κ1) is 81.9. The number of likely N-dealkylation sites (N-methyl/N-ethyl adjacent to an activating group) is 1. The fourth-order valence-corrected chi connectivity index (χ4v) is 11.6. The second-order valence-electron chi connectivity index (χ2n) is 25.9. The molecule has 0 aliphatic carbocycles. The molecule has 0 aliphatic heterocycles. The van der Waals surface area contributed by atoms with E-state index in [9.17, 15) is 19.4 Å².